The van der Waals surface area contributed by atoms with Crippen molar-refractivity contribution in [3.63, 3.8) is 0 Å². The topological polar surface area (TPSA) is 104 Å². The lowest BCUT2D eigenvalue weighted by molar-refractivity contribution is -0.137. The highest BCUT2D eigenvalue weighted by molar-refractivity contribution is 6.02. The van der Waals surface area contributed by atoms with Gasteiger partial charge in [-0.2, -0.15) is 23.5 Å². The third kappa shape index (κ3) is 5.75. The molecule has 0 aliphatic rings. The van der Waals surface area contributed by atoms with Crippen LogP contribution in [0.25, 0.3) is 5.69 Å². The smallest absolute Gasteiger partial charge is 0.437 e. The van der Waals surface area contributed by atoms with E-state index in [0.29, 0.717) is 16.3 Å². The molecule has 3 rings (SSSR count). The quantitative estimate of drug-likeness (QED) is 0.497. The zero-order valence-electron chi connectivity index (χ0n) is 19.2. The minimum absolute atomic E-state index is 0.0940. The fourth-order valence-corrected chi connectivity index (χ4v) is 2.99. The van der Waals surface area contributed by atoms with Crippen molar-refractivity contribution in [1.82, 2.24) is 19.8 Å². The lowest BCUT2D eigenvalue weighted by Gasteiger charge is -2.33. The molecule has 0 saturated heterocycles. The average Bonchev–Trinajstić information content (AvgIpc) is 3.27. The highest BCUT2D eigenvalue weighted by Gasteiger charge is 2.36. The van der Waals surface area contributed by atoms with Crippen molar-refractivity contribution >= 4 is 17.7 Å². The predicted molar refractivity (Wildman–Crippen MR) is 118 cm³/mol. The largest absolute Gasteiger partial charge is 0.442 e. The molecular weight excluding hydrogens is 465 g/mol. The normalized spacial score (nSPS) is 11.5. The molecule has 0 spiro atoms. The fourth-order valence-electron chi connectivity index (χ4n) is 2.99. The van der Waals surface area contributed by atoms with Crippen LogP contribution < -0.4 is 5.01 Å². The van der Waals surface area contributed by atoms with Crippen LogP contribution in [0.3, 0.4) is 0 Å². The summed E-state index contributed by atoms with van der Waals surface area (Å²) >= 11 is 0. The van der Waals surface area contributed by atoms with Crippen molar-refractivity contribution in [2.75, 3.05) is 12.1 Å². The summed E-state index contributed by atoms with van der Waals surface area (Å²) in [6.07, 6.45) is -4.67. The van der Waals surface area contributed by atoms with Crippen LogP contribution in [0.4, 0.5) is 23.7 Å². The predicted octanol–water partition coefficient (Wildman–Crippen LogP) is 4.59. The Morgan fingerprint density at radius 3 is 2.31 bits per heavy atom. The Morgan fingerprint density at radius 2 is 1.74 bits per heavy atom. The van der Waals surface area contributed by atoms with Gasteiger partial charge in [-0.3, -0.25) is 9.80 Å². The number of nitrogens with zero attached hydrogens (tertiary/aromatic N) is 6. The standard InChI is InChI=1S/C23H21F3N6O3/c1-22(2,3)35-21(34)32(30(4)18-7-5-6-16(12-18)23(24,25)26)20(33)19-28-14-29-31(19)17-10-8-15(13-27)9-11-17/h5-12,14H,1-4H3. The summed E-state index contributed by atoms with van der Waals surface area (Å²) in [5, 5.41) is 14.5. The van der Waals surface area contributed by atoms with Gasteiger partial charge in [0.1, 0.15) is 11.9 Å². The number of hydrogen-bond acceptors (Lipinski definition) is 7. The molecule has 0 bridgehead atoms. The van der Waals surface area contributed by atoms with Crippen LogP contribution in [-0.2, 0) is 10.9 Å². The van der Waals surface area contributed by atoms with Gasteiger partial charge in [0.2, 0.25) is 5.82 Å². The molecule has 12 heteroatoms. The molecule has 182 valence electrons. The number of halogens is 3. The maximum absolute atomic E-state index is 13.5. The minimum atomic E-state index is -4.63. The summed E-state index contributed by atoms with van der Waals surface area (Å²) < 4.78 is 46.3. The van der Waals surface area contributed by atoms with Crippen LogP contribution in [0.5, 0.6) is 0 Å². The Bertz CT molecular complexity index is 1270. The number of hydrogen-bond donors (Lipinski definition) is 0. The summed E-state index contributed by atoms with van der Waals surface area (Å²) in [5.74, 6) is -1.31. The third-order valence-electron chi connectivity index (χ3n) is 4.59. The minimum Gasteiger partial charge on any atom is -0.442 e. The van der Waals surface area contributed by atoms with Crippen molar-refractivity contribution in [2.24, 2.45) is 0 Å². The van der Waals surface area contributed by atoms with Gasteiger partial charge in [0, 0.05) is 7.05 Å². The maximum Gasteiger partial charge on any atom is 0.437 e. The van der Waals surface area contributed by atoms with Gasteiger partial charge in [-0.15, -0.1) is 5.01 Å². The highest BCUT2D eigenvalue weighted by Crippen LogP contribution is 2.32. The summed E-state index contributed by atoms with van der Waals surface area (Å²) in [6.45, 7) is 4.74. The van der Waals surface area contributed by atoms with E-state index in [1.54, 1.807) is 20.8 Å². The average molecular weight is 486 g/mol. The Kier molecular flexibility index (Phi) is 6.82. The number of ether oxygens (including phenoxy) is 1. The number of carbonyl (C=O) groups excluding carboxylic acids is 2. The summed E-state index contributed by atoms with van der Waals surface area (Å²) in [4.78, 5) is 30.5. The number of rotatable bonds is 4. The summed E-state index contributed by atoms with van der Waals surface area (Å²) in [5.41, 5.74) is -1.31. The van der Waals surface area contributed by atoms with Crippen molar-refractivity contribution in [3.05, 3.63) is 71.8 Å². The molecular formula is C23H21F3N6O3. The van der Waals surface area contributed by atoms with E-state index in [1.165, 1.54) is 37.4 Å². The van der Waals surface area contributed by atoms with E-state index in [9.17, 15) is 22.8 Å². The van der Waals surface area contributed by atoms with Gasteiger partial charge in [-0.1, -0.05) is 6.07 Å². The SMILES string of the molecule is CN(c1cccc(C(F)(F)F)c1)N(C(=O)OC(C)(C)C)C(=O)c1ncnn1-c1ccc(C#N)cc1. The molecule has 0 aliphatic heterocycles. The molecule has 35 heavy (non-hydrogen) atoms. The first kappa shape index (κ1) is 25.2. The van der Waals surface area contributed by atoms with E-state index in [2.05, 4.69) is 10.1 Å². The van der Waals surface area contributed by atoms with Gasteiger partial charge in [0.25, 0.3) is 0 Å². The van der Waals surface area contributed by atoms with E-state index in [1.807, 2.05) is 6.07 Å². The number of nitriles is 1. The van der Waals surface area contributed by atoms with Gasteiger partial charge in [0.15, 0.2) is 0 Å². The third-order valence-corrected chi connectivity index (χ3v) is 4.59. The molecule has 2 aromatic carbocycles. The van der Waals surface area contributed by atoms with E-state index >= 15 is 0 Å². The van der Waals surface area contributed by atoms with Crippen LogP contribution in [0, 0.1) is 11.3 Å². The Labute approximate surface area is 198 Å². The molecule has 2 amide bonds. The molecule has 1 heterocycles. The van der Waals surface area contributed by atoms with E-state index in [4.69, 9.17) is 10.00 Å². The number of aromatic nitrogens is 3. The maximum atomic E-state index is 13.5. The van der Waals surface area contributed by atoms with E-state index in [0.717, 1.165) is 34.2 Å². The fraction of sp³-hybridized carbons (Fsp3) is 0.261. The van der Waals surface area contributed by atoms with Crippen LogP contribution >= 0.6 is 0 Å². The Morgan fingerprint density at radius 1 is 1.09 bits per heavy atom. The van der Waals surface area contributed by atoms with Gasteiger partial charge in [-0.25, -0.2) is 14.5 Å². The molecule has 0 atom stereocenters. The van der Waals surface area contributed by atoms with Crippen LogP contribution in [0.2, 0.25) is 0 Å². The Hall–Kier alpha value is -4.40. The molecule has 0 aliphatic carbocycles. The van der Waals surface area contributed by atoms with Crippen LogP contribution in [-0.4, -0.2) is 44.4 Å². The van der Waals surface area contributed by atoms with Crippen molar-refractivity contribution in [2.45, 2.75) is 32.5 Å². The second-order valence-corrected chi connectivity index (χ2v) is 8.32. The van der Waals surface area contributed by atoms with Crippen molar-refractivity contribution < 1.29 is 27.5 Å². The van der Waals surface area contributed by atoms with Gasteiger partial charge in [-0.05, 0) is 63.2 Å². The first-order valence-corrected chi connectivity index (χ1v) is 10.2. The number of amides is 2. The van der Waals surface area contributed by atoms with Crippen molar-refractivity contribution in [3.8, 4) is 11.8 Å². The van der Waals surface area contributed by atoms with Crippen molar-refractivity contribution in [1.29, 1.82) is 5.26 Å². The zero-order chi connectivity index (χ0) is 26.0. The number of carbonyl (C=O) groups is 2. The first-order valence-electron chi connectivity index (χ1n) is 10.2. The molecule has 1 aromatic heterocycles. The van der Waals surface area contributed by atoms with Crippen LogP contribution in [0.1, 0.15) is 42.5 Å². The number of benzene rings is 2. The summed E-state index contributed by atoms with van der Waals surface area (Å²) in [7, 11) is 1.25. The highest BCUT2D eigenvalue weighted by atomic mass is 19.4. The Balaban J connectivity index is 2.06. The number of hydrazine groups is 1. The lowest BCUT2D eigenvalue weighted by Crippen LogP contribution is -2.51. The number of alkyl halides is 3. The van der Waals surface area contributed by atoms with E-state index < -0.39 is 29.3 Å². The van der Waals surface area contributed by atoms with Crippen LogP contribution in [0.15, 0.2) is 54.9 Å². The van der Waals surface area contributed by atoms with Gasteiger partial charge < -0.3 is 4.74 Å². The molecule has 3 aromatic rings. The van der Waals surface area contributed by atoms with Gasteiger partial charge >= 0.3 is 18.2 Å². The monoisotopic (exact) mass is 486 g/mol. The molecule has 0 saturated carbocycles. The lowest BCUT2D eigenvalue weighted by atomic mass is 10.2. The van der Waals surface area contributed by atoms with Gasteiger partial charge in [0.05, 0.1) is 28.6 Å². The molecule has 9 nitrogen and oxygen atoms in total. The molecule has 0 radical (unpaired) electrons. The molecule has 0 N–H and O–H groups in total. The number of anilines is 1. The second-order valence-electron chi connectivity index (χ2n) is 8.32. The zero-order valence-corrected chi connectivity index (χ0v) is 19.2. The summed E-state index contributed by atoms with van der Waals surface area (Å²) in [6, 6.07) is 12.2. The molecule has 0 unspecified atom stereocenters. The second kappa shape index (κ2) is 9.46. The van der Waals surface area contributed by atoms with E-state index in [-0.39, 0.29) is 11.5 Å². The number of imide groups is 1. The molecule has 0 fully saturated rings. The first-order chi connectivity index (χ1) is 16.3.